The van der Waals surface area contributed by atoms with Gasteiger partial charge in [-0.3, -0.25) is 5.41 Å². The Morgan fingerprint density at radius 3 is 2.57 bits per heavy atom. The summed E-state index contributed by atoms with van der Waals surface area (Å²) in [5.41, 5.74) is 8.55. The lowest BCUT2D eigenvalue weighted by molar-refractivity contribution is 0.778. The van der Waals surface area contributed by atoms with Gasteiger partial charge in [0.05, 0.1) is 5.56 Å². The lowest BCUT2D eigenvalue weighted by Crippen LogP contribution is -2.25. The normalized spacial score (nSPS) is 10.4. The number of nitrogens with one attached hydrogen (secondary N) is 1. The van der Waals surface area contributed by atoms with Crippen LogP contribution in [0.1, 0.15) is 30.9 Å². The monoisotopic (exact) mass is 282 g/mol. The molecule has 0 spiro atoms. The maximum absolute atomic E-state index is 7.86. The summed E-state index contributed by atoms with van der Waals surface area (Å²) < 4.78 is 0. The first kappa shape index (κ1) is 15.0. The number of benzene rings is 1. The van der Waals surface area contributed by atoms with Gasteiger partial charge in [-0.25, -0.2) is 4.98 Å². The van der Waals surface area contributed by atoms with Crippen molar-refractivity contribution in [2.24, 2.45) is 5.73 Å². The fraction of sp³-hybridized carbons (Fsp3) is 0.294. The van der Waals surface area contributed by atoms with Crippen LogP contribution in [0.2, 0.25) is 0 Å². The van der Waals surface area contributed by atoms with Crippen molar-refractivity contribution >= 4 is 17.3 Å². The number of para-hydroxylation sites is 1. The second kappa shape index (κ2) is 6.88. The Morgan fingerprint density at radius 2 is 1.95 bits per heavy atom. The molecular formula is C17H22N4. The van der Waals surface area contributed by atoms with E-state index in [9.17, 15) is 0 Å². The van der Waals surface area contributed by atoms with Crippen LogP contribution in [0.4, 0.5) is 11.5 Å². The molecule has 1 aromatic heterocycles. The van der Waals surface area contributed by atoms with Crippen LogP contribution in [0.5, 0.6) is 0 Å². The van der Waals surface area contributed by atoms with Gasteiger partial charge in [-0.2, -0.15) is 0 Å². The van der Waals surface area contributed by atoms with Crippen molar-refractivity contribution in [3.05, 3.63) is 53.7 Å². The second-order valence-electron chi connectivity index (χ2n) is 5.08. The van der Waals surface area contributed by atoms with Crippen molar-refractivity contribution in [1.29, 1.82) is 5.41 Å². The van der Waals surface area contributed by atoms with E-state index < -0.39 is 0 Å². The summed E-state index contributed by atoms with van der Waals surface area (Å²) in [5.74, 6) is 0.829. The van der Waals surface area contributed by atoms with Crippen LogP contribution in [0, 0.1) is 12.3 Å². The van der Waals surface area contributed by atoms with E-state index >= 15 is 0 Å². The number of pyridine rings is 1. The molecule has 0 aliphatic heterocycles. The Hall–Kier alpha value is -2.36. The zero-order valence-corrected chi connectivity index (χ0v) is 12.6. The smallest absolute Gasteiger partial charge is 0.144 e. The zero-order valence-electron chi connectivity index (χ0n) is 12.6. The van der Waals surface area contributed by atoms with Crippen LogP contribution in [0.15, 0.2) is 42.6 Å². The van der Waals surface area contributed by atoms with Crippen molar-refractivity contribution in [3.63, 3.8) is 0 Å². The van der Waals surface area contributed by atoms with E-state index in [4.69, 9.17) is 11.1 Å². The fourth-order valence-electron chi connectivity index (χ4n) is 2.36. The standard InChI is InChI=1S/C17H22N4/c1-3-4-12-21(14-8-6-5-7-9-14)17-15(16(18)19)13(2)10-11-20-17/h5-11H,3-4,12H2,1-2H3,(H3,18,19). The molecule has 1 heterocycles. The van der Waals surface area contributed by atoms with Gasteiger partial charge in [-0.15, -0.1) is 0 Å². The molecule has 2 rings (SSSR count). The minimum Gasteiger partial charge on any atom is -0.384 e. The number of aryl methyl sites for hydroxylation is 1. The number of aromatic nitrogens is 1. The van der Waals surface area contributed by atoms with E-state index in [1.807, 2.05) is 31.2 Å². The van der Waals surface area contributed by atoms with Crippen molar-refractivity contribution in [1.82, 2.24) is 4.98 Å². The van der Waals surface area contributed by atoms with Gasteiger partial charge in [-0.05, 0) is 37.1 Å². The molecule has 110 valence electrons. The van der Waals surface area contributed by atoms with E-state index in [0.29, 0.717) is 0 Å². The third-order valence-electron chi connectivity index (χ3n) is 3.47. The molecule has 3 N–H and O–H groups in total. The van der Waals surface area contributed by atoms with Gasteiger partial charge < -0.3 is 10.6 Å². The van der Waals surface area contributed by atoms with Crippen molar-refractivity contribution < 1.29 is 0 Å². The van der Waals surface area contributed by atoms with Crippen LogP contribution in [0.3, 0.4) is 0 Å². The summed E-state index contributed by atoms with van der Waals surface area (Å²) in [5, 5.41) is 7.86. The highest BCUT2D eigenvalue weighted by Gasteiger charge is 2.17. The third kappa shape index (κ3) is 3.40. The molecule has 0 bridgehead atoms. The molecule has 4 nitrogen and oxygen atoms in total. The lowest BCUT2D eigenvalue weighted by atomic mass is 10.1. The van der Waals surface area contributed by atoms with Gasteiger partial charge >= 0.3 is 0 Å². The van der Waals surface area contributed by atoms with Gasteiger partial charge in [0.1, 0.15) is 11.7 Å². The van der Waals surface area contributed by atoms with E-state index in [1.165, 1.54) is 0 Å². The average Bonchev–Trinajstić information content (AvgIpc) is 2.48. The van der Waals surface area contributed by atoms with E-state index in [1.54, 1.807) is 6.20 Å². The predicted octanol–water partition coefficient (Wildman–Crippen LogP) is 3.61. The van der Waals surface area contributed by atoms with E-state index in [2.05, 4.69) is 28.9 Å². The number of nitrogens with zero attached hydrogens (tertiary/aromatic N) is 2. The molecule has 0 aliphatic rings. The molecule has 0 fully saturated rings. The van der Waals surface area contributed by atoms with Gasteiger partial charge in [0.15, 0.2) is 0 Å². The molecule has 0 saturated heterocycles. The topological polar surface area (TPSA) is 66.0 Å². The molecular weight excluding hydrogens is 260 g/mol. The first-order valence-electron chi connectivity index (χ1n) is 7.27. The summed E-state index contributed by atoms with van der Waals surface area (Å²) in [7, 11) is 0. The maximum atomic E-state index is 7.86. The van der Waals surface area contributed by atoms with Crippen LogP contribution in [0.25, 0.3) is 0 Å². The van der Waals surface area contributed by atoms with Gasteiger partial charge in [0.2, 0.25) is 0 Å². The number of hydrogen-bond donors (Lipinski definition) is 2. The number of nitrogens with two attached hydrogens (primary N) is 1. The Morgan fingerprint density at radius 1 is 1.24 bits per heavy atom. The van der Waals surface area contributed by atoms with Crippen molar-refractivity contribution in [2.75, 3.05) is 11.4 Å². The zero-order chi connectivity index (χ0) is 15.2. The Balaban J connectivity index is 2.52. The number of rotatable bonds is 6. The largest absolute Gasteiger partial charge is 0.384 e. The summed E-state index contributed by atoms with van der Waals surface area (Å²) >= 11 is 0. The molecule has 0 aliphatic carbocycles. The minimum absolute atomic E-state index is 0.0630. The summed E-state index contributed by atoms with van der Waals surface area (Å²) in [6.45, 7) is 4.99. The number of hydrogen-bond acceptors (Lipinski definition) is 3. The third-order valence-corrected chi connectivity index (χ3v) is 3.47. The molecule has 2 aromatic rings. The summed E-state index contributed by atoms with van der Waals surface area (Å²) in [4.78, 5) is 6.64. The number of unbranched alkanes of at least 4 members (excludes halogenated alkanes) is 1. The highest BCUT2D eigenvalue weighted by atomic mass is 15.2. The average molecular weight is 282 g/mol. The highest BCUT2D eigenvalue weighted by molar-refractivity contribution is 6.01. The number of nitrogen functional groups attached to an aromatic ring is 1. The fourth-order valence-corrected chi connectivity index (χ4v) is 2.36. The predicted molar refractivity (Wildman–Crippen MR) is 88.3 cm³/mol. The van der Waals surface area contributed by atoms with Gasteiger partial charge in [-0.1, -0.05) is 31.5 Å². The van der Waals surface area contributed by atoms with Gasteiger partial charge in [0.25, 0.3) is 0 Å². The molecule has 0 unspecified atom stereocenters. The van der Waals surface area contributed by atoms with E-state index in [-0.39, 0.29) is 5.84 Å². The first-order valence-corrected chi connectivity index (χ1v) is 7.27. The van der Waals surface area contributed by atoms with Crippen LogP contribution in [-0.4, -0.2) is 17.4 Å². The summed E-state index contributed by atoms with van der Waals surface area (Å²) in [6, 6.07) is 12.0. The van der Waals surface area contributed by atoms with Crippen LogP contribution in [-0.2, 0) is 0 Å². The number of anilines is 2. The Kier molecular flexibility index (Phi) is 4.93. The lowest BCUT2D eigenvalue weighted by Gasteiger charge is -2.26. The molecule has 0 amide bonds. The number of amidine groups is 1. The second-order valence-corrected chi connectivity index (χ2v) is 5.08. The van der Waals surface area contributed by atoms with Crippen LogP contribution >= 0.6 is 0 Å². The Labute approximate surface area is 126 Å². The molecule has 1 aromatic carbocycles. The van der Waals surface area contributed by atoms with E-state index in [0.717, 1.165) is 42.0 Å². The SMILES string of the molecule is CCCCN(c1ccccc1)c1nccc(C)c1C(=N)N. The molecule has 21 heavy (non-hydrogen) atoms. The van der Waals surface area contributed by atoms with Crippen molar-refractivity contribution in [3.8, 4) is 0 Å². The van der Waals surface area contributed by atoms with Crippen molar-refractivity contribution in [2.45, 2.75) is 26.7 Å². The molecule has 4 heteroatoms. The summed E-state index contributed by atoms with van der Waals surface area (Å²) in [6.07, 6.45) is 3.94. The molecule has 0 atom stereocenters. The molecule has 0 saturated carbocycles. The highest BCUT2D eigenvalue weighted by Crippen LogP contribution is 2.28. The Bertz CT molecular complexity index is 607. The minimum atomic E-state index is 0.0630. The maximum Gasteiger partial charge on any atom is 0.144 e. The first-order chi connectivity index (χ1) is 10.1. The van der Waals surface area contributed by atoms with Crippen LogP contribution < -0.4 is 10.6 Å². The quantitative estimate of drug-likeness (QED) is 0.628. The molecule has 0 radical (unpaired) electrons. The van der Waals surface area contributed by atoms with Gasteiger partial charge in [0, 0.05) is 18.4 Å².